The minimum absolute atomic E-state index is 0.0000384. The monoisotopic (exact) mass is 270 g/mol. The average Bonchev–Trinajstić information content (AvgIpc) is 2.41. The maximum Gasteiger partial charge on any atom is 0.245 e. The number of nitrogens with zero attached hydrogens (tertiary/aromatic N) is 1. The smallest absolute Gasteiger partial charge is 0.245 e. The van der Waals surface area contributed by atoms with Crippen molar-refractivity contribution < 1.29 is 14.3 Å². The van der Waals surface area contributed by atoms with E-state index in [1.165, 1.54) is 0 Å². The van der Waals surface area contributed by atoms with Gasteiger partial charge in [-0.05, 0) is 25.7 Å². The van der Waals surface area contributed by atoms with Crippen LogP contribution in [-0.4, -0.2) is 49.1 Å². The normalized spacial score (nSPS) is 23.6. The van der Waals surface area contributed by atoms with Crippen molar-refractivity contribution >= 4 is 11.8 Å². The number of methoxy groups -OCH3 is 1. The summed E-state index contributed by atoms with van der Waals surface area (Å²) in [6, 6.07) is -0.633. The first-order valence-electron chi connectivity index (χ1n) is 7.25. The Morgan fingerprint density at radius 3 is 2.58 bits per heavy atom. The summed E-state index contributed by atoms with van der Waals surface area (Å²) in [6.45, 7) is 5.31. The van der Waals surface area contributed by atoms with Crippen molar-refractivity contribution in [2.24, 2.45) is 0 Å². The van der Waals surface area contributed by atoms with Crippen molar-refractivity contribution in [3.05, 3.63) is 0 Å². The molecule has 1 aliphatic rings. The maximum atomic E-state index is 12.3. The van der Waals surface area contributed by atoms with E-state index in [0.29, 0.717) is 19.6 Å². The quantitative estimate of drug-likeness (QED) is 0.677. The summed E-state index contributed by atoms with van der Waals surface area (Å²) >= 11 is 0. The Hall–Kier alpha value is -1.10. The van der Waals surface area contributed by atoms with Crippen LogP contribution in [0, 0.1) is 0 Å². The van der Waals surface area contributed by atoms with Gasteiger partial charge in [0, 0.05) is 20.3 Å². The third-order valence-corrected chi connectivity index (χ3v) is 3.54. The third kappa shape index (κ3) is 4.20. The molecule has 1 saturated heterocycles. The molecule has 0 bridgehead atoms. The van der Waals surface area contributed by atoms with E-state index in [1.54, 1.807) is 12.0 Å². The molecule has 110 valence electrons. The fourth-order valence-electron chi connectivity index (χ4n) is 2.46. The second-order valence-corrected chi connectivity index (χ2v) is 5.01. The fourth-order valence-corrected chi connectivity index (χ4v) is 2.46. The molecule has 0 aliphatic carbocycles. The van der Waals surface area contributed by atoms with E-state index in [1.807, 2.05) is 13.8 Å². The molecular formula is C14H26N2O3. The van der Waals surface area contributed by atoms with E-state index in [0.717, 1.165) is 25.7 Å². The number of rotatable bonds is 8. The summed E-state index contributed by atoms with van der Waals surface area (Å²) in [7, 11) is 1.67. The predicted octanol–water partition coefficient (Wildman–Crippen LogP) is 1.32. The first kappa shape index (κ1) is 16.0. The number of nitrogens with one attached hydrogen (secondary N) is 1. The summed E-state index contributed by atoms with van der Waals surface area (Å²) in [6.07, 6.45) is 4.08. The lowest BCUT2D eigenvalue weighted by Crippen LogP contribution is -2.63. The number of carbonyl (C=O) groups is 2. The SMILES string of the molecule is CCCC1C(=O)NC(CC)C(=O)N1CCCCOC. The van der Waals surface area contributed by atoms with Gasteiger partial charge < -0.3 is 15.0 Å². The molecule has 2 unspecified atom stereocenters. The van der Waals surface area contributed by atoms with Crippen molar-refractivity contribution in [2.75, 3.05) is 20.3 Å². The third-order valence-electron chi connectivity index (χ3n) is 3.54. The van der Waals surface area contributed by atoms with Crippen LogP contribution in [0.4, 0.5) is 0 Å². The lowest BCUT2D eigenvalue weighted by atomic mass is 10.0. The van der Waals surface area contributed by atoms with Crippen LogP contribution >= 0.6 is 0 Å². The van der Waals surface area contributed by atoms with Gasteiger partial charge in [-0.25, -0.2) is 0 Å². The van der Waals surface area contributed by atoms with Crippen molar-refractivity contribution in [1.29, 1.82) is 0 Å². The van der Waals surface area contributed by atoms with Gasteiger partial charge in [-0.3, -0.25) is 9.59 Å². The first-order valence-corrected chi connectivity index (χ1v) is 7.25. The zero-order valence-corrected chi connectivity index (χ0v) is 12.3. The van der Waals surface area contributed by atoms with Gasteiger partial charge in [-0.1, -0.05) is 20.3 Å². The van der Waals surface area contributed by atoms with Crippen molar-refractivity contribution in [2.45, 2.75) is 58.0 Å². The molecule has 19 heavy (non-hydrogen) atoms. The Morgan fingerprint density at radius 1 is 1.26 bits per heavy atom. The Bertz CT molecular complexity index is 307. The van der Waals surface area contributed by atoms with Crippen LogP contribution in [0.3, 0.4) is 0 Å². The van der Waals surface area contributed by atoms with E-state index in [2.05, 4.69) is 5.32 Å². The molecule has 0 spiro atoms. The summed E-state index contributed by atoms with van der Waals surface area (Å²) < 4.78 is 5.01. The van der Waals surface area contributed by atoms with Gasteiger partial charge in [0.2, 0.25) is 11.8 Å². The molecule has 1 aliphatic heterocycles. The van der Waals surface area contributed by atoms with Gasteiger partial charge in [0.1, 0.15) is 12.1 Å². The molecule has 0 aromatic carbocycles. The van der Waals surface area contributed by atoms with Crippen LogP contribution < -0.4 is 5.32 Å². The van der Waals surface area contributed by atoms with Crippen LogP contribution in [0.15, 0.2) is 0 Å². The maximum absolute atomic E-state index is 12.3. The summed E-state index contributed by atoms with van der Waals surface area (Å²) in [4.78, 5) is 26.2. The van der Waals surface area contributed by atoms with Crippen LogP contribution in [0.5, 0.6) is 0 Å². The zero-order valence-electron chi connectivity index (χ0n) is 12.3. The van der Waals surface area contributed by atoms with Gasteiger partial charge in [0.05, 0.1) is 0 Å². The fraction of sp³-hybridized carbons (Fsp3) is 0.857. The highest BCUT2D eigenvalue weighted by molar-refractivity contribution is 5.96. The molecule has 5 heteroatoms. The molecule has 1 heterocycles. The minimum Gasteiger partial charge on any atom is -0.385 e. The van der Waals surface area contributed by atoms with E-state index >= 15 is 0 Å². The number of hydrogen-bond acceptors (Lipinski definition) is 3. The topological polar surface area (TPSA) is 58.6 Å². The number of unbranched alkanes of at least 4 members (excludes halogenated alkanes) is 1. The highest BCUT2D eigenvalue weighted by atomic mass is 16.5. The highest BCUT2D eigenvalue weighted by Gasteiger charge is 2.38. The number of piperazine rings is 1. The van der Waals surface area contributed by atoms with Crippen molar-refractivity contribution in [3.8, 4) is 0 Å². The predicted molar refractivity (Wildman–Crippen MR) is 73.7 cm³/mol. The van der Waals surface area contributed by atoms with Crippen LogP contribution in [0.2, 0.25) is 0 Å². The summed E-state index contributed by atoms with van der Waals surface area (Å²) in [5.41, 5.74) is 0. The summed E-state index contributed by atoms with van der Waals surface area (Å²) in [5.74, 6) is 0.0676. The van der Waals surface area contributed by atoms with Crippen LogP contribution in [0.1, 0.15) is 46.0 Å². The van der Waals surface area contributed by atoms with Crippen molar-refractivity contribution in [3.63, 3.8) is 0 Å². The molecule has 0 saturated carbocycles. The lowest BCUT2D eigenvalue weighted by molar-refractivity contribution is -0.149. The largest absolute Gasteiger partial charge is 0.385 e. The Balaban J connectivity index is 2.66. The molecule has 1 rings (SSSR count). The second kappa shape index (κ2) is 8.15. The van der Waals surface area contributed by atoms with Gasteiger partial charge in [0.15, 0.2) is 0 Å². The number of hydrogen-bond donors (Lipinski definition) is 1. The number of carbonyl (C=O) groups excluding carboxylic acids is 2. The Labute approximate surface area is 115 Å². The minimum atomic E-state index is -0.344. The molecule has 5 nitrogen and oxygen atoms in total. The second-order valence-electron chi connectivity index (χ2n) is 5.01. The zero-order chi connectivity index (χ0) is 14.3. The Morgan fingerprint density at radius 2 is 2.00 bits per heavy atom. The van der Waals surface area contributed by atoms with Gasteiger partial charge in [0.25, 0.3) is 0 Å². The molecule has 1 fully saturated rings. The molecule has 0 aromatic rings. The number of ether oxygens (including phenoxy) is 1. The van der Waals surface area contributed by atoms with Gasteiger partial charge >= 0.3 is 0 Å². The highest BCUT2D eigenvalue weighted by Crippen LogP contribution is 2.17. The summed E-state index contributed by atoms with van der Waals surface area (Å²) in [5, 5.41) is 2.83. The van der Waals surface area contributed by atoms with E-state index in [9.17, 15) is 9.59 Å². The Kier molecular flexibility index (Phi) is 6.84. The van der Waals surface area contributed by atoms with Crippen molar-refractivity contribution in [1.82, 2.24) is 10.2 Å². The molecule has 2 atom stereocenters. The van der Waals surface area contributed by atoms with Gasteiger partial charge in [-0.2, -0.15) is 0 Å². The van der Waals surface area contributed by atoms with Crippen LogP contribution in [0.25, 0.3) is 0 Å². The first-order chi connectivity index (χ1) is 9.15. The van der Waals surface area contributed by atoms with E-state index in [-0.39, 0.29) is 23.9 Å². The molecule has 0 radical (unpaired) electrons. The van der Waals surface area contributed by atoms with Gasteiger partial charge in [-0.15, -0.1) is 0 Å². The molecular weight excluding hydrogens is 244 g/mol. The molecule has 1 N–H and O–H groups in total. The number of amides is 2. The molecule has 0 aromatic heterocycles. The molecule has 2 amide bonds. The van der Waals surface area contributed by atoms with E-state index in [4.69, 9.17) is 4.74 Å². The van der Waals surface area contributed by atoms with Crippen LogP contribution in [-0.2, 0) is 14.3 Å². The lowest BCUT2D eigenvalue weighted by Gasteiger charge is -2.38. The standard InChI is InChI=1S/C14H26N2O3/c1-4-8-12-13(17)15-11(5-2)14(18)16(12)9-6-7-10-19-3/h11-12H,4-10H2,1-3H3,(H,15,17). The average molecular weight is 270 g/mol. The van der Waals surface area contributed by atoms with E-state index < -0.39 is 0 Å².